The van der Waals surface area contributed by atoms with Gasteiger partial charge in [-0.05, 0) is 30.7 Å². The van der Waals surface area contributed by atoms with Crippen molar-refractivity contribution in [3.63, 3.8) is 0 Å². The number of nitrogens with one attached hydrogen (secondary N) is 1. The van der Waals surface area contributed by atoms with E-state index < -0.39 is 10.8 Å². The summed E-state index contributed by atoms with van der Waals surface area (Å²) >= 11 is 3.34. The van der Waals surface area contributed by atoms with Crippen LogP contribution in [0.4, 0.5) is 11.4 Å². The van der Waals surface area contributed by atoms with E-state index in [0.717, 1.165) is 10.9 Å². The molecule has 2 aromatic carbocycles. The quantitative estimate of drug-likeness (QED) is 0.514. The molecule has 2 aromatic rings. The van der Waals surface area contributed by atoms with E-state index in [1.165, 1.54) is 6.07 Å². The molecule has 1 amide bonds. The molecule has 108 valence electrons. The molecule has 0 aliphatic rings. The fourth-order valence-corrected chi connectivity index (χ4v) is 2.33. The van der Waals surface area contributed by atoms with E-state index in [1.54, 1.807) is 31.2 Å². The fraction of sp³-hybridized carbons (Fsp3) is 0.133. The van der Waals surface area contributed by atoms with Crippen LogP contribution < -0.4 is 5.32 Å². The molecule has 2 rings (SSSR count). The molecule has 5 nitrogen and oxygen atoms in total. The largest absolute Gasteiger partial charge is 0.322 e. The molecule has 0 heterocycles. The number of nitro benzene ring substituents is 1. The minimum atomic E-state index is -0.530. The summed E-state index contributed by atoms with van der Waals surface area (Å²) in [7, 11) is 0. The Kier molecular flexibility index (Phi) is 4.70. The molecule has 0 atom stereocenters. The molecular weight excluding hydrogens is 336 g/mol. The number of hydrogen-bond acceptors (Lipinski definition) is 3. The standard InChI is InChI=1S/C15H13BrN2O3/c1-10-3-2-4-13(14(10)18(20)21)15(19)17-12-7-5-11(9-16)6-8-12/h2-8H,9H2,1H3,(H,17,19). The van der Waals surface area contributed by atoms with Gasteiger partial charge in [-0.1, -0.05) is 40.2 Å². The number of nitrogens with zero attached hydrogens (tertiary/aromatic N) is 1. The van der Waals surface area contributed by atoms with Crippen LogP contribution in [-0.2, 0) is 5.33 Å². The van der Waals surface area contributed by atoms with Crippen LogP contribution in [0.1, 0.15) is 21.5 Å². The summed E-state index contributed by atoms with van der Waals surface area (Å²) in [5.41, 5.74) is 2.04. The number of amides is 1. The first-order valence-electron chi connectivity index (χ1n) is 6.23. The zero-order chi connectivity index (χ0) is 15.4. The second-order valence-electron chi connectivity index (χ2n) is 4.51. The monoisotopic (exact) mass is 348 g/mol. The van der Waals surface area contributed by atoms with Gasteiger partial charge in [0.25, 0.3) is 11.6 Å². The van der Waals surface area contributed by atoms with Crippen LogP contribution in [0.25, 0.3) is 0 Å². The first-order chi connectivity index (χ1) is 10.0. The molecule has 0 radical (unpaired) electrons. The molecule has 0 fully saturated rings. The summed E-state index contributed by atoms with van der Waals surface area (Å²) in [4.78, 5) is 22.8. The Balaban J connectivity index is 2.28. The average molecular weight is 349 g/mol. The van der Waals surface area contributed by atoms with Gasteiger partial charge >= 0.3 is 0 Å². The molecule has 0 bridgehead atoms. The molecule has 0 aromatic heterocycles. The van der Waals surface area contributed by atoms with Gasteiger partial charge in [-0.3, -0.25) is 14.9 Å². The van der Waals surface area contributed by atoms with Crippen LogP contribution in [0.2, 0.25) is 0 Å². The molecule has 0 aliphatic heterocycles. The van der Waals surface area contributed by atoms with Gasteiger partial charge in [-0.15, -0.1) is 0 Å². The summed E-state index contributed by atoms with van der Waals surface area (Å²) in [6.07, 6.45) is 0. The first-order valence-corrected chi connectivity index (χ1v) is 7.35. The Hall–Kier alpha value is -2.21. The zero-order valence-corrected chi connectivity index (χ0v) is 12.9. The van der Waals surface area contributed by atoms with Crippen LogP contribution in [0.15, 0.2) is 42.5 Å². The molecule has 0 unspecified atom stereocenters. The first kappa shape index (κ1) is 15.2. The summed E-state index contributed by atoms with van der Waals surface area (Å²) < 4.78 is 0. The lowest BCUT2D eigenvalue weighted by Gasteiger charge is -2.07. The normalized spacial score (nSPS) is 10.2. The molecule has 0 spiro atoms. The molecule has 0 saturated heterocycles. The van der Waals surface area contributed by atoms with E-state index in [1.807, 2.05) is 12.1 Å². The summed E-state index contributed by atoms with van der Waals surface area (Å²) in [6.45, 7) is 1.61. The number of anilines is 1. The molecule has 21 heavy (non-hydrogen) atoms. The number of para-hydroxylation sites is 1. The van der Waals surface area contributed by atoms with Gasteiger partial charge in [0.1, 0.15) is 5.56 Å². The number of aryl methyl sites for hydroxylation is 1. The smallest absolute Gasteiger partial charge is 0.285 e. The van der Waals surface area contributed by atoms with Gasteiger partial charge in [0.2, 0.25) is 0 Å². The number of halogens is 1. The van der Waals surface area contributed by atoms with Crippen LogP contribution in [0.3, 0.4) is 0 Å². The van der Waals surface area contributed by atoms with E-state index in [9.17, 15) is 14.9 Å². The van der Waals surface area contributed by atoms with Gasteiger partial charge in [-0.25, -0.2) is 0 Å². The number of benzene rings is 2. The van der Waals surface area contributed by atoms with Crippen molar-refractivity contribution in [2.24, 2.45) is 0 Å². The minimum Gasteiger partial charge on any atom is -0.322 e. The lowest BCUT2D eigenvalue weighted by Crippen LogP contribution is -2.14. The van der Waals surface area contributed by atoms with Gasteiger partial charge < -0.3 is 5.32 Å². The molecule has 0 saturated carbocycles. The third-order valence-electron chi connectivity index (χ3n) is 3.03. The third kappa shape index (κ3) is 3.46. The van der Waals surface area contributed by atoms with Gasteiger partial charge in [0.15, 0.2) is 0 Å². The Morgan fingerprint density at radius 3 is 2.48 bits per heavy atom. The predicted octanol–water partition coefficient (Wildman–Crippen LogP) is 4.05. The van der Waals surface area contributed by atoms with Crippen molar-refractivity contribution in [2.45, 2.75) is 12.3 Å². The highest BCUT2D eigenvalue weighted by atomic mass is 79.9. The topological polar surface area (TPSA) is 72.2 Å². The maximum absolute atomic E-state index is 12.2. The summed E-state index contributed by atoms with van der Waals surface area (Å²) in [5, 5.41) is 14.5. The van der Waals surface area contributed by atoms with Gasteiger partial charge in [0, 0.05) is 16.6 Å². The second-order valence-corrected chi connectivity index (χ2v) is 5.07. The van der Waals surface area contributed by atoms with Gasteiger partial charge in [-0.2, -0.15) is 0 Å². The highest BCUT2D eigenvalue weighted by Crippen LogP contribution is 2.24. The number of carbonyl (C=O) groups is 1. The summed E-state index contributed by atoms with van der Waals surface area (Å²) in [6, 6.07) is 12.0. The summed E-state index contributed by atoms with van der Waals surface area (Å²) in [5.74, 6) is -0.489. The highest BCUT2D eigenvalue weighted by Gasteiger charge is 2.22. The zero-order valence-electron chi connectivity index (χ0n) is 11.3. The maximum atomic E-state index is 12.2. The molecule has 6 heteroatoms. The van der Waals surface area contributed by atoms with Gasteiger partial charge in [0.05, 0.1) is 4.92 Å². The Morgan fingerprint density at radius 1 is 1.24 bits per heavy atom. The van der Waals surface area contributed by atoms with Crippen molar-refractivity contribution in [1.29, 1.82) is 0 Å². The Labute approximate surface area is 130 Å². The SMILES string of the molecule is Cc1cccc(C(=O)Nc2ccc(CBr)cc2)c1[N+](=O)[O-]. The second kappa shape index (κ2) is 6.49. The minimum absolute atomic E-state index is 0.0598. The van der Waals surface area contributed by atoms with Crippen molar-refractivity contribution >= 4 is 33.2 Å². The molecule has 0 aliphatic carbocycles. The lowest BCUT2D eigenvalue weighted by molar-refractivity contribution is -0.385. The van der Waals surface area contributed by atoms with E-state index in [-0.39, 0.29) is 11.3 Å². The van der Waals surface area contributed by atoms with Crippen molar-refractivity contribution < 1.29 is 9.72 Å². The van der Waals surface area contributed by atoms with Crippen LogP contribution in [-0.4, -0.2) is 10.8 Å². The van der Waals surface area contributed by atoms with E-state index in [0.29, 0.717) is 11.3 Å². The van der Waals surface area contributed by atoms with Crippen molar-refractivity contribution in [1.82, 2.24) is 0 Å². The predicted molar refractivity (Wildman–Crippen MR) is 84.9 cm³/mol. The van der Waals surface area contributed by atoms with Crippen LogP contribution >= 0.6 is 15.9 Å². The third-order valence-corrected chi connectivity index (χ3v) is 3.68. The van der Waals surface area contributed by atoms with E-state index >= 15 is 0 Å². The molecule has 1 N–H and O–H groups in total. The number of rotatable bonds is 4. The van der Waals surface area contributed by atoms with E-state index in [2.05, 4.69) is 21.2 Å². The lowest BCUT2D eigenvalue weighted by atomic mass is 10.1. The van der Waals surface area contributed by atoms with Crippen molar-refractivity contribution in [2.75, 3.05) is 5.32 Å². The molecular formula is C15H13BrN2O3. The Bertz CT molecular complexity index is 684. The number of hydrogen-bond donors (Lipinski definition) is 1. The van der Waals surface area contributed by atoms with Crippen LogP contribution in [0, 0.1) is 17.0 Å². The fourth-order valence-electron chi connectivity index (χ4n) is 1.96. The number of carbonyl (C=O) groups excluding carboxylic acids is 1. The number of nitro groups is 1. The van der Waals surface area contributed by atoms with Crippen LogP contribution in [0.5, 0.6) is 0 Å². The van der Waals surface area contributed by atoms with Crippen molar-refractivity contribution in [3.05, 3.63) is 69.3 Å². The highest BCUT2D eigenvalue weighted by molar-refractivity contribution is 9.08. The maximum Gasteiger partial charge on any atom is 0.285 e. The Morgan fingerprint density at radius 2 is 1.90 bits per heavy atom. The van der Waals surface area contributed by atoms with E-state index in [4.69, 9.17) is 0 Å². The van der Waals surface area contributed by atoms with Crippen molar-refractivity contribution in [3.8, 4) is 0 Å². The number of alkyl halides is 1. The average Bonchev–Trinajstić information content (AvgIpc) is 2.47.